The van der Waals surface area contributed by atoms with Gasteiger partial charge in [0.05, 0.1) is 10.3 Å². The van der Waals surface area contributed by atoms with Crippen LogP contribution < -0.4 is 10.1 Å². The molecule has 2 aromatic rings. The van der Waals surface area contributed by atoms with Crippen molar-refractivity contribution in [2.75, 3.05) is 5.32 Å². The number of carboxylic acids is 1. The second kappa shape index (κ2) is 8.63. The number of anilines is 1. The Morgan fingerprint density at radius 1 is 1.06 bits per heavy atom. The van der Waals surface area contributed by atoms with Crippen LogP contribution in [0.4, 0.5) is 5.69 Å². The summed E-state index contributed by atoms with van der Waals surface area (Å²) >= 11 is 6.40. The molecule has 0 atom stereocenters. The summed E-state index contributed by atoms with van der Waals surface area (Å²) < 4.78 is 31.9. The Balaban J connectivity index is 1.69. The molecule has 2 aromatic carbocycles. The number of nitrogens with one attached hydrogen (secondary N) is 1. The summed E-state index contributed by atoms with van der Waals surface area (Å²) in [4.78, 5) is 22.3. The zero-order valence-corrected chi connectivity index (χ0v) is 18.6. The number of hydrogen-bond donors (Lipinski definition) is 3. The van der Waals surface area contributed by atoms with E-state index in [1.165, 1.54) is 24.3 Å². The van der Waals surface area contributed by atoms with Crippen LogP contribution in [0.25, 0.3) is 0 Å². The van der Waals surface area contributed by atoms with Crippen LogP contribution in [-0.2, 0) is 32.3 Å². The van der Waals surface area contributed by atoms with E-state index in [0.29, 0.717) is 37.1 Å². The Hall–Kier alpha value is -2.78. The lowest BCUT2D eigenvalue weighted by Crippen LogP contribution is -2.22. The van der Waals surface area contributed by atoms with Gasteiger partial charge in [-0.3, -0.25) is 4.79 Å². The highest BCUT2D eigenvalue weighted by Crippen LogP contribution is 2.44. The average molecular weight is 480 g/mol. The van der Waals surface area contributed by atoms with Gasteiger partial charge < -0.3 is 20.3 Å². The van der Waals surface area contributed by atoms with Crippen molar-refractivity contribution in [3.63, 3.8) is 0 Å². The van der Waals surface area contributed by atoms with Gasteiger partial charge in [0.25, 0.3) is 0 Å². The Morgan fingerprint density at radius 2 is 1.75 bits per heavy atom. The van der Waals surface area contributed by atoms with Crippen molar-refractivity contribution in [2.45, 2.75) is 55.1 Å². The Bertz CT molecular complexity index is 1200. The van der Waals surface area contributed by atoms with Crippen molar-refractivity contribution in [1.82, 2.24) is 0 Å². The summed E-state index contributed by atoms with van der Waals surface area (Å²) in [5.74, 6) is -2.56. The van der Waals surface area contributed by atoms with E-state index in [4.69, 9.17) is 21.4 Å². The molecule has 0 saturated heterocycles. The van der Waals surface area contributed by atoms with Gasteiger partial charge in [0.2, 0.25) is 0 Å². The minimum Gasteiger partial charge on any atom is -0.507 e. The van der Waals surface area contributed by atoms with Gasteiger partial charge in [-0.15, -0.1) is 0 Å². The van der Waals surface area contributed by atoms with E-state index in [2.05, 4.69) is 5.32 Å². The lowest BCUT2D eigenvalue weighted by Gasteiger charge is -2.17. The van der Waals surface area contributed by atoms with E-state index >= 15 is 0 Å². The maximum atomic E-state index is 13.0. The molecule has 10 heteroatoms. The van der Waals surface area contributed by atoms with E-state index in [1.807, 2.05) is 0 Å². The number of hydrogen-bond acceptors (Lipinski definition) is 6. The van der Waals surface area contributed by atoms with Gasteiger partial charge >= 0.3 is 11.9 Å². The van der Waals surface area contributed by atoms with Crippen LogP contribution in [0.2, 0.25) is 5.02 Å². The van der Waals surface area contributed by atoms with Gasteiger partial charge in [-0.1, -0.05) is 24.4 Å². The number of ether oxygens (including phenoxy) is 1. The first-order valence-corrected chi connectivity index (χ1v) is 12.2. The summed E-state index contributed by atoms with van der Waals surface area (Å²) in [6.45, 7) is 0. The van der Waals surface area contributed by atoms with E-state index in [0.717, 1.165) is 30.4 Å². The fourth-order valence-corrected chi connectivity index (χ4v) is 6.61. The molecule has 1 amide bonds. The molecular formula is C22H22ClNO7S. The predicted molar refractivity (Wildman–Crippen MR) is 117 cm³/mol. The fourth-order valence-electron chi connectivity index (χ4n) is 4.39. The van der Waals surface area contributed by atoms with Crippen LogP contribution in [0, 0.1) is 0 Å². The minimum absolute atomic E-state index is 0.152. The van der Waals surface area contributed by atoms with Crippen LogP contribution in [0.3, 0.4) is 0 Å². The Morgan fingerprint density at radius 3 is 2.44 bits per heavy atom. The van der Waals surface area contributed by atoms with Gasteiger partial charge in [-0.05, 0) is 55.9 Å². The van der Waals surface area contributed by atoms with Gasteiger partial charge in [-0.25, -0.2) is 13.2 Å². The van der Waals surface area contributed by atoms with Crippen LogP contribution in [0.15, 0.2) is 29.2 Å². The molecule has 0 radical (unpaired) electrons. The number of aromatic hydroxyl groups is 1. The lowest BCUT2D eigenvalue weighted by molar-refractivity contribution is -0.147. The summed E-state index contributed by atoms with van der Waals surface area (Å²) in [5, 5.41) is 21.1. The van der Waals surface area contributed by atoms with E-state index < -0.39 is 27.0 Å². The third-order valence-corrected chi connectivity index (χ3v) is 8.52. The number of phenols is 1. The van der Waals surface area contributed by atoms with Crippen LogP contribution in [-0.4, -0.2) is 35.8 Å². The SMILES string of the molecule is O=C(O)C(=O)Nc1cc(Cl)c(Oc2ccc(O)c(S(=O)(=O)C3CCCC3)c2)c2c1CCC2. The molecule has 8 nitrogen and oxygen atoms in total. The molecule has 0 spiro atoms. The predicted octanol–water partition coefficient (Wildman–Crippen LogP) is 4.07. The van der Waals surface area contributed by atoms with Crippen molar-refractivity contribution in [3.05, 3.63) is 40.4 Å². The summed E-state index contributed by atoms with van der Waals surface area (Å²) in [6.07, 6.45) is 4.78. The largest absolute Gasteiger partial charge is 0.507 e. The fraction of sp³-hybridized carbons (Fsp3) is 0.364. The molecule has 0 bridgehead atoms. The number of carbonyl (C=O) groups is 2. The van der Waals surface area contributed by atoms with Gasteiger partial charge in [0.15, 0.2) is 9.84 Å². The number of halogens is 1. The smallest absolute Gasteiger partial charge is 0.394 e. The summed E-state index contributed by atoms with van der Waals surface area (Å²) in [5.41, 5.74) is 1.78. The number of benzene rings is 2. The molecule has 2 aliphatic rings. The highest BCUT2D eigenvalue weighted by molar-refractivity contribution is 7.92. The molecular weight excluding hydrogens is 458 g/mol. The lowest BCUT2D eigenvalue weighted by atomic mass is 10.1. The average Bonchev–Trinajstić information content (AvgIpc) is 3.44. The van der Waals surface area contributed by atoms with Crippen LogP contribution >= 0.6 is 11.6 Å². The number of fused-ring (bicyclic) bond motifs is 1. The zero-order valence-electron chi connectivity index (χ0n) is 17.1. The third kappa shape index (κ3) is 4.14. The molecule has 1 fully saturated rings. The number of carbonyl (C=O) groups excluding carboxylic acids is 1. The number of amides is 1. The standard InChI is InChI=1S/C22H22ClNO7S/c23-16-11-17(24-21(26)22(27)28)14-6-3-7-15(14)20(16)31-12-8-9-18(25)19(10-12)32(29,30)13-4-1-2-5-13/h8-11,13,25H,1-7H2,(H,24,26)(H,27,28). The van der Waals surface area contributed by atoms with Crippen LogP contribution in [0.1, 0.15) is 43.2 Å². The van der Waals surface area contributed by atoms with Crippen molar-refractivity contribution in [2.24, 2.45) is 0 Å². The molecule has 0 aromatic heterocycles. The number of sulfone groups is 1. The highest BCUT2D eigenvalue weighted by Gasteiger charge is 2.33. The molecule has 0 heterocycles. The maximum absolute atomic E-state index is 13.0. The van der Waals surface area contributed by atoms with Gasteiger partial charge in [0, 0.05) is 17.3 Å². The van der Waals surface area contributed by atoms with Gasteiger partial charge in [-0.2, -0.15) is 0 Å². The topological polar surface area (TPSA) is 130 Å². The number of aliphatic carboxylic acids is 1. The Kier molecular flexibility index (Phi) is 6.05. The van der Waals surface area contributed by atoms with E-state index in [-0.39, 0.29) is 21.4 Å². The number of rotatable bonds is 5. The molecule has 170 valence electrons. The molecule has 32 heavy (non-hydrogen) atoms. The van der Waals surface area contributed by atoms with Crippen molar-refractivity contribution in [1.29, 1.82) is 0 Å². The van der Waals surface area contributed by atoms with Crippen LogP contribution in [0.5, 0.6) is 17.2 Å². The molecule has 4 rings (SSSR count). The van der Waals surface area contributed by atoms with E-state index in [9.17, 15) is 23.1 Å². The molecule has 3 N–H and O–H groups in total. The summed E-state index contributed by atoms with van der Waals surface area (Å²) in [6, 6.07) is 5.48. The van der Waals surface area contributed by atoms with Crippen molar-refractivity contribution >= 4 is 39.0 Å². The van der Waals surface area contributed by atoms with Crippen molar-refractivity contribution in [3.8, 4) is 17.2 Å². The Labute approximate surface area is 190 Å². The first-order valence-electron chi connectivity index (χ1n) is 10.3. The number of carboxylic acid groups (broad SMARTS) is 1. The quantitative estimate of drug-likeness (QED) is 0.551. The second-order valence-corrected chi connectivity index (χ2v) is 10.6. The second-order valence-electron chi connectivity index (χ2n) is 7.99. The number of phenolic OH excluding ortho intramolecular Hbond substituents is 1. The molecule has 1 saturated carbocycles. The summed E-state index contributed by atoms with van der Waals surface area (Å²) in [7, 11) is -3.70. The maximum Gasteiger partial charge on any atom is 0.394 e. The zero-order chi connectivity index (χ0) is 23.0. The normalized spacial score (nSPS) is 16.0. The third-order valence-electron chi connectivity index (χ3n) is 5.95. The molecule has 2 aliphatic carbocycles. The molecule has 0 unspecified atom stereocenters. The first kappa shape index (κ1) is 22.4. The highest BCUT2D eigenvalue weighted by atomic mass is 35.5. The van der Waals surface area contributed by atoms with E-state index in [1.54, 1.807) is 0 Å². The molecule has 0 aliphatic heterocycles. The monoisotopic (exact) mass is 479 g/mol. The van der Waals surface area contributed by atoms with Crippen molar-refractivity contribution < 1.29 is 33.0 Å². The first-order chi connectivity index (χ1) is 15.2. The minimum atomic E-state index is -3.70. The van der Waals surface area contributed by atoms with Gasteiger partial charge in [0.1, 0.15) is 22.1 Å².